The van der Waals surface area contributed by atoms with E-state index in [1.807, 2.05) is 0 Å². The Kier molecular flexibility index (Phi) is 5.99. The quantitative estimate of drug-likeness (QED) is 0.737. The van der Waals surface area contributed by atoms with Crippen LogP contribution in [-0.4, -0.2) is 23.0 Å². The minimum absolute atomic E-state index is 0.0586. The van der Waals surface area contributed by atoms with E-state index in [0.717, 1.165) is 23.6 Å². The Balaban J connectivity index is 1.84. The highest BCUT2D eigenvalue weighted by molar-refractivity contribution is 6.34. The molecule has 0 bridgehead atoms. The van der Waals surface area contributed by atoms with Crippen LogP contribution in [0.25, 0.3) is 10.8 Å². The van der Waals surface area contributed by atoms with Gasteiger partial charge in [-0.25, -0.2) is 0 Å². The molecule has 26 heavy (non-hydrogen) atoms. The average Bonchev–Trinajstić information content (AvgIpc) is 2.61. The maximum atomic E-state index is 13.0. The van der Waals surface area contributed by atoms with Crippen LogP contribution in [0.2, 0.25) is 5.02 Å². The van der Waals surface area contributed by atoms with Gasteiger partial charge in [0.2, 0.25) is 11.5 Å². The lowest BCUT2D eigenvalue weighted by Crippen LogP contribution is -2.49. The molecule has 0 radical (unpaired) electrons. The molecule has 1 atom stereocenters. The first-order valence-corrected chi connectivity index (χ1v) is 9.71. The van der Waals surface area contributed by atoms with Crippen LogP contribution in [-0.2, 0) is 4.79 Å². The maximum Gasteiger partial charge on any atom is 0.248 e. The summed E-state index contributed by atoms with van der Waals surface area (Å²) in [6.07, 6.45) is 7.36. The van der Waals surface area contributed by atoms with Gasteiger partial charge in [-0.05, 0) is 41.7 Å². The van der Waals surface area contributed by atoms with E-state index >= 15 is 0 Å². The molecule has 1 aliphatic rings. The molecule has 1 fully saturated rings. The number of carbonyl (C=O) groups excluding carboxylic acids is 1. The summed E-state index contributed by atoms with van der Waals surface area (Å²) >= 11 is 6.36. The third-order valence-electron chi connectivity index (χ3n) is 5.00. The van der Waals surface area contributed by atoms with Gasteiger partial charge >= 0.3 is 0 Å². The number of rotatable bonds is 5. The summed E-state index contributed by atoms with van der Waals surface area (Å²) in [7, 11) is 0. The molecule has 6 heteroatoms. The molecule has 3 N–H and O–H groups in total. The Morgan fingerprint density at radius 1 is 1.15 bits per heavy atom. The number of aromatic amines is 1. The number of fused-ring (bicyclic) bond motifs is 1. The fraction of sp³-hybridized carbons (Fsp3) is 0.500. The van der Waals surface area contributed by atoms with Crippen LogP contribution in [0.4, 0.5) is 5.69 Å². The Morgan fingerprint density at radius 2 is 1.88 bits per heavy atom. The van der Waals surface area contributed by atoms with E-state index in [1.165, 1.54) is 25.3 Å². The highest BCUT2D eigenvalue weighted by Gasteiger charge is 2.30. The number of pyridine rings is 1. The number of hydrogen-bond acceptors (Lipinski definition) is 3. The third-order valence-corrected chi connectivity index (χ3v) is 5.32. The summed E-state index contributed by atoms with van der Waals surface area (Å²) in [4.78, 5) is 27.2. The van der Waals surface area contributed by atoms with Gasteiger partial charge in [-0.1, -0.05) is 44.7 Å². The zero-order chi connectivity index (χ0) is 18.7. The van der Waals surface area contributed by atoms with Crippen molar-refractivity contribution in [2.45, 2.75) is 58.0 Å². The molecule has 1 saturated carbocycles. The van der Waals surface area contributed by atoms with Crippen LogP contribution in [0.1, 0.15) is 46.0 Å². The lowest BCUT2D eigenvalue weighted by molar-refractivity contribution is -0.119. The maximum absolute atomic E-state index is 13.0. The number of hydrogen-bond donors (Lipinski definition) is 3. The van der Waals surface area contributed by atoms with Gasteiger partial charge in [0, 0.05) is 18.3 Å². The summed E-state index contributed by atoms with van der Waals surface area (Å²) < 4.78 is 0. The number of benzene rings is 1. The highest BCUT2D eigenvalue weighted by Crippen LogP contribution is 2.30. The Bertz CT molecular complexity index is 841. The molecule has 1 amide bonds. The van der Waals surface area contributed by atoms with Gasteiger partial charge in [0.1, 0.15) is 0 Å². The molecule has 0 unspecified atom stereocenters. The SMILES string of the molecule is CC(C)N[C@H](C(=O)Nc1cc2cc(=O)[nH]cc2cc1Cl)C1CCCCC1. The average molecular weight is 376 g/mol. The highest BCUT2D eigenvalue weighted by atomic mass is 35.5. The summed E-state index contributed by atoms with van der Waals surface area (Å²) in [5.74, 6) is 0.282. The van der Waals surface area contributed by atoms with Gasteiger partial charge in [0.25, 0.3) is 0 Å². The fourth-order valence-electron chi connectivity index (χ4n) is 3.75. The van der Waals surface area contributed by atoms with Crippen LogP contribution >= 0.6 is 11.6 Å². The van der Waals surface area contributed by atoms with Crippen molar-refractivity contribution in [3.05, 3.63) is 39.8 Å². The van der Waals surface area contributed by atoms with Gasteiger partial charge in [-0.2, -0.15) is 0 Å². The van der Waals surface area contributed by atoms with Crippen molar-refractivity contribution in [3.63, 3.8) is 0 Å². The molecule has 1 heterocycles. The molecule has 140 valence electrons. The van der Waals surface area contributed by atoms with Gasteiger partial charge < -0.3 is 15.6 Å². The summed E-state index contributed by atoms with van der Waals surface area (Å²) in [6.45, 7) is 4.11. The van der Waals surface area contributed by atoms with E-state index < -0.39 is 0 Å². The topological polar surface area (TPSA) is 74.0 Å². The number of carbonyl (C=O) groups is 1. The van der Waals surface area contributed by atoms with Gasteiger partial charge in [0.15, 0.2) is 0 Å². The normalized spacial score (nSPS) is 16.8. The second-order valence-corrected chi connectivity index (χ2v) is 7.85. The zero-order valence-corrected chi connectivity index (χ0v) is 16.0. The third kappa shape index (κ3) is 4.46. The number of nitrogens with one attached hydrogen (secondary N) is 3. The van der Waals surface area contributed by atoms with Crippen molar-refractivity contribution >= 4 is 34.0 Å². The standard InChI is InChI=1S/C20H26ClN3O2/c1-12(2)23-19(13-6-4-3-5-7-13)20(26)24-17-9-14-10-18(25)22-11-15(14)8-16(17)21/h8-13,19,23H,3-7H2,1-2H3,(H,22,25)(H,24,26)/t19-/m0/s1. The van der Waals surface area contributed by atoms with E-state index in [1.54, 1.807) is 18.3 Å². The molecule has 0 aliphatic heterocycles. The Morgan fingerprint density at radius 3 is 2.58 bits per heavy atom. The van der Waals surface area contributed by atoms with Gasteiger partial charge in [-0.3, -0.25) is 9.59 Å². The van der Waals surface area contributed by atoms with Crippen molar-refractivity contribution in [2.75, 3.05) is 5.32 Å². The van der Waals surface area contributed by atoms with E-state index in [9.17, 15) is 9.59 Å². The first-order valence-electron chi connectivity index (χ1n) is 9.33. The lowest BCUT2D eigenvalue weighted by Gasteiger charge is -2.31. The molecule has 2 aromatic rings. The summed E-state index contributed by atoms with van der Waals surface area (Å²) in [5, 5.41) is 8.45. The zero-order valence-electron chi connectivity index (χ0n) is 15.3. The lowest BCUT2D eigenvalue weighted by atomic mass is 9.83. The molecular weight excluding hydrogens is 350 g/mol. The van der Waals surface area contributed by atoms with E-state index in [-0.39, 0.29) is 23.6 Å². The van der Waals surface area contributed by atoms with Crippen LogP contribution < -0.4 is 16.2 Å². The van der Waals surface area contributed by atoms with Gasteiger partial charge in [-0.15, -0.1) is 0 Å². The second kappa shape index (κ2) is 8.23. The van der Waals surface area contributed by atoms with Crippen LogP contribution in [0, 0.1) is 5.92 Å². The first kappa shape index (κ1) is 18.9. The van der Waals surface area contributed by atoms with Crippen molar-refractivity contribution < 1.29 is 4.79 Å². The number of aromatic nitrogens is 1. The van der Waals surface area contributed by atoms with Crippen molar-refractivity contribution in [1.29, 1.82) is 0 Å². The number of H-pyrrole nitrogens is 1. The van der Waals surface area contributed by atoms with Crippen LogP contribution in [0.15, 0.2) is 29.2 Å². The van der Waals surface area contributed by atoms with Crippen LogP contribution in [0.5, 0.6) is 0 Å². The van der Waals surface area contributed by atoms with Crippen molar-refractivity contribution in [2.24, 2.45) is 5.92 Å². The molecule has 5 nitrogen and oxygen atoms in total. The van der Waals surface area contributed by atoms with Crippen molar-refractivity contribution in [1.82, 2.24) is 10.3 Å². The number of anilines is 1. The number of halogens is 1. The minimum atomic E-state index is -0.235. The molecule has 3 rings (SSSR count). The van der Waals surface area contributed by atoms with Gasteiger partial charge in [0.05, 0.1) is 16.8 Å². The largest absolute Gasteiger partial charge is 0.328 e. The minimum Gasteiger partial charge on any atom is -0.328 e. The molecule has 1 aromatic heterocycles. The fourth-order valence-corrected chi connectivity index (χ4v) is 3.97. The summed E-state index contributed by atoms with van der Waals surface area (Å²) in [5.41, 5.74) is 0.361. The number of amides is 1. The van der Waals surface area contributed by atoms with E-state index in [4.69, 9.17) is 11.6 Å². The summed E-state index contributed by atoms with van der Waals surface area (Å²) in [6, 6.07) is 5.01. The molecule has 0 saturated heterocycles. The smallest absolute Gasteiger partial charge is 0.248 e. The molecule has 1 aliphatic carbocycles. The van der Waals surface area contributed by atoms with Crippen LogP contribution in [0.3, 0.4) is 0 Å². The van der Waals surface area contributed by atoms with E-state index in [0.29, 0.717) is 16.6 Å². The predicted molar refractivity (Wildman–Crippen MR) is 107 cm³/mol. The molecular formula is C20H26ClN3O2. The molecule has 1 aromatic carbocycles. The second-order valence-electron chi connectivity index (χ2n) is 7.44. The first-order chi connectivity index (χ1) is 12.4. The predicted octanol–water partition coefficient (Wildman–Crippen LogP) is 4.07. The van der Waals surface area contributed by atoms with E-state index in [2.05, 4.69) is 29.5 Å². The van der Waals surface area contributed by atoms with Crippen molar-refractivity contribution in [3.8, 4) is 0 Å². The molecule has 0 spiro atoms. The Labute approximate surface area is 158 Å². The Hall–Kier alpha value is -1.85. The monoisotopic (exact) mass is 375 g/mol.